The normalized spacial score (nSPS) is 11.7. The smallest absolute Gasteiger partial charge is 0.240 e. The molecule has 1 heterocycles. The molecule has 0 atom stereocenters. The van der Waals surface area contributed by atoms with Gasteiger partial charge in [0.2, 0.25) is 10.0 Å². The van der Waals surface area contributed by atoms with Gasteiger partial charge < -0.3 is 4.52 Å². The van der Waals surface area contributed by atoms with Gasteiger partial charge in [0.05, 0.1) is 5.56 Å². The van der Waals surface area contributed by atoms with Crippen LogP contribution in [-0.2, 0) is 16.7 Å². The lowest BCUT2D eigenvalue weighted by Crippen LogP contribution is -2.14. The number of hydrogen-bond donors (Lipinski definition) is 1. The number of hydrogen-bond acceptors (Lipinski definition) is 4. The average molecular weight is 419 g/mol. The Labute approximate surface area is 157 Å². The summed E-state index contributed by atoms with van der Waals surface area (Å²) in [5, 5.41) is 9.40. The van der Waals surface area contributed by atoms with E-state index in [1.54, 1.807) is 0 Å². The molecule has 5 nitrogen and oxygen atoms in total. The molecular formula is C16H10Cl2F2N2O3S. The molecule has 0 radical (unpaired) electrons. The number of nitrogens with zero attached hydrogens (tertiary/aromatic N) is 1. The maximum absolute atomic E-state index is 14.2. The van der Waals surface area contributed by atoms with Crippen molar-refractivity contribution in [2.24, 2.45) is 5.14 Å². The first-order valence-electron chi connectivity index (χ1n) is 7.04. The highest BCUT2D eigenvalue weighted by Crippen LogP contribution is 2.37. The summed E-state index contributed by atoms with van der Waals surface area (Å²) in [6, 6.07) is 7.76. The van der Waals surface area contributed by atoms with Gasteiger partial charge in [-0.1, -0.05) is 34.4 Å². The average Bonchev–Trinajstić information content (AvgIpc) is 2.96. The van der Waals surface area contributed by atoms with Crippen LogP contribution in [0.1, 0.15) is 5.76 Å². The minimum absolute atomic E-state index is 0.154. The predicted molar refractivity (Wildman–Crippen MR) is 93.5 cm³/mol. The van der Waals surface area contributed by atoms with Crippen LogP contribution in [0.25, 0.3) is 22.4 Å². The van der Waals surface area contributed by atoms with E-state index < -0.39 is 27.4 Å². The molecule has 3 rings (SSSR count). The van der Waals surface area contributed by atoms with Gasteiger partial charge in [-0.2, -0.15) is 0 Å². The molecule has 1 aromatic heterocycles. The Morgan fingerprint density at radius 2 is 1.73 bits per heavy atom. The molecule has 0 unspecified atom stereocenters. The second-order valence-electron chi connectivity index (χ2n) is 5.31. The topological polar surface area (TPSA) is 86.2 Å². The number of aromatic nitrogens is 1. The number of halogens is 4. The molecule has 0 amide bonds. The summed E-state index contributed by atoms with van der Waals surface area (Å²) < 4.78 is 55.2. The second-order valence-corrected chi connectivity index (χ2v) is 7.71. The van der Waals surface area contributed by atoms with Crippen molar-refractivity contribution in [3.05, 3.63) is 58.0 Å². The van der Waals surface area contributed by atoms with Gasteiger partial charge >= 0.3 is 0 Å². The lowest BCUT2D eigenvalue weighted by molar-refractivity contribution is 0.332. The van der Waals surface area contributed by atoms with Crippen LogP contribution in [0.15, 0.2) is 45.8 Å². The lowest BCUT2D eigenvalue weighted by atomic mass is 9.99. The van der Waals surface area contributed by atoms with Crippen molar-refractivity contribution >= 4 is 33.2 Å². The molecule has 0 aliphatic rings. The van der Waals surface area contributed by atoms with E-state index in [9.17, 15) is 17.2 Å². The zero-order chi connectivity index (χ0) is 19.1. The van der Waals surface area contributed by atoms with E-state index in [0.717, 1.165) is 12.1 Å². The molecule has 3 aromatic rings. The number of rotatable bonds is 4. The highest BCUT2D eigenvalue weighted by molar-refractivity contribution is 7.89. The molecule has 0 aliphatic heterocycles. The van der Waals surface area contributed by atoms with E-state index in [1.165, 1.54) is 24.3 Å². The van der Waals surface area contributed by atoms with E-state index >= 15 is 0 Å². The molecule has 2 N–H and O–H groups in total. The summed E-state index contributed by atoms with van der Waals surface area (Å²) in [4.78, 5) is -0.674. The van der Waals surface area contributed by atoms with Crippen LogP contribution in [0.5, 0.6) is 0 Å². The maximum Gasteiger partial charge on any atom is 0.240 e. The Morgan fingerprint density at radius 1 is 1.08 bits per heavy atom. The van der Waals surface area contributed by atoms with Crippen LogP contribution in [0.2, 0.25) is 10.0 Å². The highest BCUT2D eigenvalue weighted by Gasteiger charge is 2.22. The van der Waals surface area contributed by atoms with E-state index in [4.69, 9.17) is 32.9 Å². The molecule has 26 heavy (non-hydrogen) atoms. The van der Waals surface area contributed by atoms with Gasteiger partial charge in [-0.15, -0.1) is 0 Å². The van der Waals surface area contributed by atoms with Crippen molar-refractivity contribution in [2.45, 2.75) is 11.6 Å². The second kappa shape index (κ2) is 6.96. The van der Waals surface area contributed by atoms with E-state index in [2.05, 4.69) is 5.16 Å². The van der Waals surface area contributed by atoms with Crippen molar-refractivity contribution < 1.29 is 21.7 Å². The molecular weight excluding hydrogens is 409 g/mol. The van der Waals surface area contributed by atoms with Crippen LogP contribution in [0.3, 0.4) is 0 Å². The van der Waals surface area contributed by atoms with Crippen LogP contribution < -0.4 is 5.14 Å². The monoisotopic (exact) mass is 418 g/mol. The third-order valence-corrected chi connectivity index (χ3v) is 4.93. The van der Waals surface area contributed by atoms with Gasteiger partial charge in [0, 0.05) is 15.6 Å². The molecule has 0 saturated heterocycles. The largest absolute Gasteiger partial charge is 0.357 e. The molecule has 0 saturated carbocycles. The first-order valence-corrected chi connectivity index (χ1v) is 9.34. The molecule has 2 aromatic carbocycles. The third kappa shape index (κ3) is 3.59. The van der Waals surface area contributed by atoms with Gasteiger partial charge in [0.15, 0.2) is 12.4 Å². The summed E-state index contributed by atoms with van der Waals surface area (Å²) in [6.07, 6.45) is 0. The molecule has 0 fully saturated rings. The Kier molecular flexibility index (Phi) is 5.03. The summed E-state index contributed by atoms with van der Waals surface area (Å²) in [5.74, 6) is -1.23. The maximum atomic E-state index is 14.2. The quantitative estimate of drug-likeness (QED) is 0.671. The van der Waals surface area contributed by atoms with Gasteiger partial charge in [-0.25, -0.2) is 22.3 Å². The number of sulfonamides is 1. The third-order valence-electron chi connectivity index (χ3n) is 3.55. The number of primary sulfonamides is 1. The minimum Gasteiger partial charge on any atom is -0.357 e. The van der Waals surface area contributed by atoms with E-state index in [-0.39, 0.29) is 22.6 Å². The zero-order valence-electron chi connectivity index (χ0n) is 12.8. The fourth-order valence-corrected chi connectivity index (χ4v) is 3.60. The Balaban J connectivity index is 2.22. The van der Waals surface area contributed by atoms with Gasteiger partial charge in [0.25, 0.3) is 0 Å². The number of alkyl halides is 1. The first-order chi connectivity index (χ1) is 12.2. The van der Waals surface area contributed by atoms with Gasteiger partial charge in [0.1, 0.15) is 16.4 Å². The van der Waals surface area contributed by atoms with Gasteiger partial charge in [-0.05, 0) is 35.9 Å². The Bertz CT molecular complexity index is 1080. The van der Waals surface area contributed by atoms with E-state index in [1.807, 2.05) is 0 Å². The lowest BCUT2D eigenvalue weighted by Gasteiger charge is -2.07. The van der Waals surface area contributed by atoms with Crippen LogP contribution >= 0.6 is 23.2 Å². The molecule has 0 aliphatic carbocycles. The van der Waals surface area contributed by atoms with Crippen molar-refractivity contribution in [1.29, 1.82) is 0 Å². The zero-order valence-corrected chi connectivity index (χ0v) is 15.2. The minimum atomic E-state index is -4.23. The van der Waals surface area contributed by atoms with Crippen LogP contribution in [0.4, 0.5) is 8.78 Å². The van der Waals surface area contributed by atoms with E-state index in [0.29, 0.717) is 15.6 Å². The summed E-state index contributed by atoms with van der Waals surface area (Å²) in [6.45, 7) is -1.00. The van der Waals surface area contributed by atoms with Gasteiger partial charge in [-0.3, -0.25) is 0 Å². The fraction of sp³-hybridized carbons (Fsp3) is 0.0625. The van der Waals surface area contributed by atoms with Crippen molar-refractivity contribution in [3.63, 3.8) is 0 Å². The van der Waals surface area contributed by atoms with Crippen LogP contribution in [-0.4, -0.2) is 13.6 Å². The Hall–Kier alpha value is -2.00. The number of nitrogens with two attached hydrogens (primary N) is 1. The summed E-state index contributed by atoms with van der Waals surface area (Å²) in [7, 11) is -4.23. The fourth-order valence-electron chi connectivity index (χ4n) is 2.49. The number of benzene rings is 2. The highest BCUT2D eigenvalue weighted by atomic mass is 35.5. The summed E-state index contributed by atoms with van der Waals surface area (Å²) >= 11 is 12.0. The Morgan fingerprint density at radius 3 is 2.27 bits per heavy atom. The standard InChI is InChI=1S/C16H10Cl2F2N2O3S/c17-10-3-9(4-11(18)6-10)16-15(13(7-19)25-22-16)8-1-2-14(12(20)5-8)26(21,23)24/h1-6H,7H2,(H2,21,23,24). The van der Waals surface area contributed by atoms with Crippen LogP contribution in [0, 0.1) is 5.82 Å². The van der Waals surface area contributed by atoms with Crippen molar-refractivity contribution in [1.82, 2.24) is 5.16 Å². The molecule has 10 heteroatoms. The molecule has 0 spiro atoms. The molecule has 0 bridgehead atoms. The predicted octanol–water partition coefficient (Wildman–Crippen LogP) is 4.57. The molecule has 136 valence electrons. The SMILES string of the molecule is NS(=O)(=O)c1ccc(-c2c(-c3cc(Cl)cc(Cl)c3)noc2CF)cc1F. The van der Waals surface area contributed by atoms with Crippen molar-refractivity contribution in [3.8, 4) is 22.4 Å². The summed E-state index contributed by atoms with van der Waals surface area (Å²) in [5.41, 5.74) is 0.933. The first kappa shape index (κ1) is 18.8. The van der Waals surface area contributed by atoms with Crippen molar-refractivity contribution in [2.75, 3.05) is 0 Å².